The van der Waals surface area contributed by atoms with Crippen LogP contribution in [0.2, 0.25) is 0 Å². The molecular formula is C8H12FN3. The quantitative estimate of drug-likeness (QED) is 0.703. The molecule has 0 aromatic carbocycles. The van der Waals surface area contributed by atoms with Crippen molar-refractivity contribution < 1.29 is 4.39 Å². The molecule has 1 aromatic heterocycles. The summed E-state index contributed by atoms with van der Waals surface area (Å²) >= 11 is 0. The predicted molar refractivity (Wildman–Crippen MR) is 43.2 cm³/mol. The summed E-state index contributed by atoms with van der Waals surface area (Å²) in [5.41, 5.74) is 0. The Hall–Kier alpha value is -0.900. The van der Waals surface area contributed by atoms with E-state index < -0.39 is 0 Å². The van der Waals surface area contributed by atoms with E-state index in [4.69, 9.17) is 0 Å². The summed E-state index contributed by atoms with van der Waals surface area (Å²) < 4.78 is 14.2. The van der Waals surface area contributed by atoms with Gasteiger partial charge >= 0.3 is 0 Å². The van der Waals surface area contributed by atoms with Gasteiger partial charge in [0.15, 0.2) is 5.82 Å². The molecule has 12 heavy (non-hydrogen) atoms. The van der Waals surface area contributed by atoms with Crippen LogP contribution < -0.4 is 5.32 Å². The van der Waals surface area contributed by atoms with E-state index in [0.29, 0.717) is 5.92 Å². The Morgan fingerprint density at radius 3 is 3.25 bits per heavy atom. The first-order valence-electron chi connectivity index (χ1n) is 4.23. The van der Waals surface area contributed by atoms with Crippen LogP contribution in [0.3, 0.4) is 0 Å². The van der Waals surface area contributed by atoms with Gasteiger partial charge in [-0.2, -0.15) is 5.10 Å². The van der Waals surface area contributed by atoms with Crippen LogP contribution in [0.5, 0.6) is 0 Å². The molecule has 1 unspecified atom stereocenters. The second-order valence-electron chi connectivity index (χ2n) is 3.24. The zero-order valence-electron chi connectivity index (χ0n) is 6.83. The molecule has 0 spiro atoms. The Balaban J connectivity index is 1.94. The van der Waals surface area contributed by atoms with E-state index in [-0.39, 0.29) is 5.82 Å². The number of hydrogen-bond acceptors (Lipinski definition) is 2. The Morgan fingerprint density at radius 2 is 2.67 bits per heavy atom. The molecule has 66 valence electrons. The van der Waals surface area contributed by atoms with Gasteiger partial charge in [-0.15, -0.1) is 0 Å². The lowest BCUT2D eigenvalue weighted by Gasteiger charge is -2.06. The van der Waals surface area contributed by atoms with Gasteiger partial charge < -0.3 is 5.32 Å². The van der Waals surface area contributed by atoms with E-state index >= 15 is 0 Å². The maximum absolute atomic E-state index is 12.5. The summed E-state index contributed by atoms with van der Waals surface area (Å²) in [4.78, 5) is 0. The first kappa shape index (κ1) is 7.73. The van der Waals surface area contributed by atoms with Gasteiger partial charge in [-0.1, -0.05) is 0 Å². The van der Waals surface area contributed by atoms with Gasteiger partial charge in [0.25, 0.3) is 0 Å². The lowest BCUT2D eigenvalue weighted by Crippen LogP contribution is -2.14. The van der Waals surface area contributed by atoms with E-state index in [1.165, 1.54) is 18.8 Å². The smallest absolute Gasteiger partial charge is 0.161 e. The van der Waals surface area contributed by atoms with E-state index in [9.17, 15) is 4.39 Å². The van der Waals surface area contributed by atoms with Crippen molar-refractivity contribution in [3.63, 3.8) is 0 Å². The van der Waals surface area contributed by atoms with Crippen LogP contribution in [-0.2, 0) is 6.54 Å². The van der Waals surface area contributed by atoms with Crippen LogP contribution in [-0.4, -0.2) is 22.9 Å². The normalized spacial score (nSPS) is 23.2. The van der Waals surface area contributed by atoms with Gasteiger partial charge in [-0.3, -0.25) is 4.68 Å². The molecule has 0 bridgehead atoms. The third kappa shape index (κ3) is 1.64. The van der Waals surface area contributed by atoms with Crippen LogP contribution in [0.4, 0.5) is 4.39 Å². The molecule has 2 rings (SSSR count). The van der Waals surface area contributed by atoms with Crippen molar-refractivity contribution in [1.82, 2.24) is 15.1 Å². The van der Waals surface area contributed by atoms with Gasteiger partial charge in [0.1, 0.15) is 0 Å². The fraction of sp³-hybridized carbons (Fsp3) is 0.625. The third-order valence-corrected chi connectivity index (χ3v) is 2.21. The number of rotatable bonds is 2. The van der Waals surface area contributed by atoms with Crippen molar-refractivity contribution in [2.45, 2.75) is 13.0 Å². The Bertz CT molecular complexity index is 253. The number of aromatic nitrogens is 2. The van der Waals surface area contributed by atoms with Crippen molar-refractivity contribution >= 4 is 0 Å². The number of nitrogens with zero attached hydrogens (tertiary/aromatic N) is 2. The van der Waals surface area contributed by atoms with Crippen LogP contribution in [0.25, 0.3) is 0 Å². The summed E-state index contributed by atoms with van der Waals surface area (Å²) in [6.07, 6.45) is 3.86. The minimum absolute atomic E-state index is 0.249. The number of nitrogens with one attached hydrogen (secondary N) is 1. The largest absolute Gasteiger partial charge is 0.316 e. The minimum atomic E-state index is -0.249. The van der Waals surface area contributed by atoms with Gasteiger partial charge in [0.05, 0.1) is 12.4 Å². The van der Waals surface area contributed by atoms with E-state index in [1.807, 2.05) is 0 Å². The second kappa shape index (κ2) is 3.23. The summed E-state index contributed by atoms with van der Waals surface area (Å²) in [6.45, 7) is 2.94. The zero-order valence-corrected chi connectivity index (χ0v) is 6.83. The molecule has 0 radical (unpaired) electrons. The predicted octanol–water partition coefficient (Wildman–Crippen LogP) is 0.632. The zero-order chi connectivity index (χ0) is 8.39. The van der Waals surface area contributed by atoms with E-state index in [0.717, 1.165) is 19.6 Å². The van der Waals surface area contributed by atoms with Crippen molar-refractivity contribution in [3.05, 3.63) is 18.2 Å². The summed E-state index contributed by atoms with van der Waals surface area (Å²) in [5, 5.41) is 7.16. The molecule has 3 nitrogen and oxygen atoms in total. The first-order valence-corrected chi connectivity index (χ1v) is 4.23. The molecule has 1 aliphatic rings. The number of hydrogen-bond donors (Lipinski definition) is 1. The van der Waals surface area contributed by atoms with E-state index in [2.05, 4.69) is 10.4 Å². The van der Waals surface area contributed by atoms with Crippen molar-refractivity contribution in [2.24, 2.45) is 5.92 Å². The Labute approximate surface area is 70.6 Å². The second-order valence-corrected chi connectivity index (χ2v) is 3.24. The standard InChI is InChI=1S/C8H12FN3/c9-8-4-11-12(6-8)5-7-1-2-10-3-7/h4,6-7,10H,1-3,5H2. The molecule has 4 heteroatoms. The van der Waals surface area contributed by atoms with Gasteiger partial charge in [-0.05, 0) is 25.4 Å². The van der Waals surface area contributed by atoms with Crippen LogP contribution in [0, 0.1) is 11.7 Å². The maximum Gasteiger partial charge on any atom is 0.161 e. The van der Waals surface area contributed by atoms with Crippen molar-refractivity contribution in [3.8, 4) is 0 Å². The molecule has 1 N–H and O–H groups in total. The molecule has 2 heterocycles. The van der Waals surface area contributed by atoms with Gasteiger partial charge in [0.2, 0.25) is 0 Å². The maximum atomic E-state index is 12.5. The third-order valence-electron chi connectivity index (χ3n) is 2.21. The first-order chi connectivity index (χ1) is 5.84. The van der Waals surface area contributed by atoms with Crippen molar-refractivity contribution in [1.29, 1.82) is 0 Å². The fourth-order valence-corrected chi connectivity index (χ4v) is 1.57. The minimum Gasteiger partial charge on any atom is -0.316 e. The van der Waals surface area contributed by atoms with Gasteiger partial charge in [-0.25, -0.2) is 4.39 Å². The topological polar surface area (TPSA) is 29.9 Å². The summed E-state index contributed by atoms with van der Waals surface area (Å²) in [7, 11) is 0. The average Bonchev–Trinajstić information content (AvgIpc) is 2.63. The highest BCUT2D eigenvalue weighted by atomic mass is 19.1. The molecule has 1 fully saturated rings. The Kier molecular flexibility index (Phi) is 2.08. The van der Waals surface area contributed by atoms with Crippen LogP contribution in [0.15, 0.2) is 12.4 Å². The molecule has 1 atom stereocenters. The summed E-state index contributed by atoms with van der Waals surface area (Å²) in [5.74, 6) is 0.366. The molecule has 1 saturated heterocycles. The molecule has 1 aromatic rings. The highest BCUT2D eigenvalue weighted by Gasteiger charge is 2.14. The molecule has 0 saturated carbocycles. The highest BCUT2D eigenvalue weighted by Crippen LogP contribution is 2.09. The lowest BCUT2D eigenvalue weighted by molar-refractivity contribution is 0.447. The highest BCUT2D eigenvalue weighted by molar-refractivity contribution is 4.84. The molecule has 0 amide bonds. The van der Waals surface area contributed by atoms with Gasteiger partial charge in [0, 0.05) is 6.54 Å². The Morgan fingerprint density at radius 1 is 1.75 bits per heavy atom. The molecule has 1 aliphatic heterocycles. The molecular weight excluding hydrogens is 157 g/mol. The fourth-order valence-electron chi connectivity index (χ4n) is 1.57. The monoisotopic (exact) mass is 169 g/mol. The lowest BCUT2D eigenvalue weighted by atomic mass is 10.1. The molecule has 0 aliphatic carbocycles. The SMILES string of the molecule is Fc1cnn(CC2CCNC2)c1. The van der Waals surface area contributed by atoms with Crippen LogP contribution >= 0.6 is 0 Å². The summed E-state index contributed by atoms with van der Waals surface area (Å²) in [6, 6.07) is 0. The van der Waals surface area contributed by atoms with Crippen molar-refractivity contribution in [2.75, 3.05) is 13.1 Å². The van der Waals surface area contributed by atoms with E-state index in [1.54, 1.807) is 4.68 Å². The average molecular weight is 169 g/mol. The number of halogens is 1. The van der Waals surface area contributed by atoms with Crippen LogP contribution in [0.1, 0.15) is 6.42 Å².